The molecule has 0 bridgehead atoms. The molecule has 0 aromatic heterocycles. The number of hydrogen-bond donors (Lipinski definition) is 0. The summed E-state index contributed by atoms with van der Waals surface area (Å²) in [6.45, 7) is 0. The maximum atomic E-state index is 7.09. The van der Waals surface area contributed by atoms with Crippen molar-refractivity contribution >= 4 is 197 Å². The maximum Gasteiger partial charge on any atom is 0.0514 e. The Labute approximate surface area is 423 Å². The molecule has 7 rings (SSSR count). The quantitative estimate of drug-likeness (QED) is 0.165. The van der Waals surface area contributed by atoms with Gasteiger partial charge in [-0.05, 0) is 93.7 Å². The van der Waals surface area contributed by atoms with Gasteiger partial charge in [0.05, 0.1) is 60.3 Å². The minimum Gasteiger partial charge on any atom is -0.0842 e. The Morgan fingerprint density at radius 1 is 0.217 bits per heavy atom. The van der Waals surface area contributed by atoms with Crippen molar-refractivity contribution in [2.75, 3.05) is 0 Å². The summed E-state index contributed by atoms with van der Waals surface area (Å²) in [5.74, 6) is 0. The Morgan fingerprint density at radius 2 is 0.400 bits per heavy atom. The van der Waals surface area contributed by atoms with Gasteiger partial charge in [0.15, 0.2) is 0 Å². The van der Waals surface area contributed by atoms with Gasteiger partial charge in [-0.2, -0.15) is 0 Å². The fraction of sp³-hybridized carbons (Fsp3) is 0. The maximum absolute atomic E-state index is 7.09. The summed E-state index contributed by atoms with van der Waals surface area (Å²) < 4.78 is 0. The van der Waals surface area contributed by atoms with Crippen molar-refractivity contribution < 1.29 is 0 Å². The fourth-order valence-corrected chi connectivity index (χ4v) is 12.1. The van der Waals surface area contributed by atoms with E-state index in [2.05, 4.69) is 0 Å². The van der Waals surface area contributed by atoms with Crippen molar-refractivity contribution in [1.82, 2.24) is 0 Å². The first-order valence-electron chi connectivity index (χ1n) is 16.8. The summed E-state index contributed by atoms with van der Waals surface area (Å²) in [6, 6.07) is 27.0. The second-order valence-corrected chi connectivity index (χ2v) is 19.6. The molecule has 0 radical (unpaired) electrons. The van der Waals surface area contributed by atoms with E-state index in [1.165, 1.54) is 0 Å². The molecule has 0 aliphatic rings. The molecule has 0 saturated heterocycles. The van der Waals surface area contributed by atoms with Crippen molar-refractivity contribution in [3.8, 4) is 0 Å². The van der Waals surface area contributed by atoms with Crippen LogP contribution in [0.3, 0.4) is 0 Å². The van der Waals surface area contributed by atoms with Gasteiger partial charge in [0.2, 0.25) is 0 Å². The molecule has 60 heavy (non-hydrogen) atoms. The van der Waals surface area contributed by atoms with Gasteiger partial charge in [-0.1, -0.05) is 210 Å². The molecule has 0 amide bonds. The summed E-state index contributed by atoms with van der Waals surface area (Å²) in [5.41, 5.74) is 2.21. The van der Waals surface area contributed by atoms with Crippen LogP contribution in [0.15, 0.2) is 97.1 Å². The van der Waals surface area contributed by atoms with Crippen LogP contribution in [0.1, 0.15) is 22.3 Å². The van der Waals surface area contributed by atoms with E-state index in [0.29, 0.717) is 74.4 Å². The summed E-state index contributed by atoms with van der Waals surface area (Å²) in [4.78, 5) is 0. The van der Waals surface area contributed by atoms with Crippen LogP contribution in [0.4, 0.5) is 0 Å². The van der Waals surface area contributed by atoms with Crippen molar-refractivity contribution in [1.29, 1.82) is 0 Å². The zero-order chi connectivity index (χ0) is 43.5. The third-order valence-corrected chi connectivity index (χ3v) is 13.6. The van der Waals surface area contributed by atoms with Gasteiger partial charge in [-0.3, -0.25) is 0 Å². The van der Waals surface area contributed by atoms with Crippen molar-refractivity contribution in [2.45, 2.75) is 0 Å². The molecule has 0 heterocycles. The predicted octanol–water partition coefficient (Wildman–Crippen LogP) is 19.2. The number of hydrogen-bond acceptors (Lipinski definition) is 0. The molecule has 0 aliphatic carbocycles. The van der Waals surface area contributed by atoms with Crippen LogP contribution in [0.5, 0.6) is 0 Å². The van der Waals surface area contributed by atoms with Crippen LogP contribution in [0.25, 0.3) is 11.1 Å². The van der Waals surface area contributed by atoms with E-state index in [-0.39, 0.29) is 60.3 Å². The lowest BCUT2D eigenvalue weighted by atomic mass is 9.94. The summed E-state index contributed by atoms with van der Waals surface area (Å²) in [6.07, 6.45) is 0. The Bertz CT molecular complexity index is 2780. The standard InChI is InChI=1S/C44H16Cl16/c45-21-9-29(53)39(30(54)10-21)43(40-31(55)11-22(46)12-32(40)56)37-25(49)5-19(6-26(37)50)17-1-2-18(4-3-17)20-7-27(51)38(28(52)8-20)44(41-33(57)13-23(47)14-34(41)58)42-35(59)15-24(48)16-36(42)60/h1-16H. The Balaban J connectivity index is 1.49. The highest BCUT2D eigenvalue weighted by Crippen LogP contribution is 2.44. The van der Waals surface area contributed by atoms with Crippen LogP contribution in [-0.4, -0.2) is 0 Å². The Kier molecular flexibility index (Phi) is 15.0. The van der Waals surface area contributed by atoms with Crippen molar-refractivity contribution in [2.24, 2.45) is 0 Å². The molecule has 7 aromatic carbocycles. The molecule has 0 spiro atoms. The van der Waals surface area contributed by atoms with Crippen LogP contribution in [0.2, 0.25) is 80.4 Å². The van der Waals surface area contributed by atoms with Gasteiger partial charge in [-0.15, -0.1) is 0 Å². The van der Waals surface area contributed by atoms with Gasteiger partial charge in [0.1, 0.15) is 0 Å². The van der Waals surface area contributed by atoms with Crippen LogP contribution >= 0.6 is 186 Å². The van der Waals surface area contributed by atoms with Crippen molar-refractivity contribution in [3.05, 3.63) is 231 Å². The zero-order valence-corrected chi connectivity index (χ0v) is 41.4. The normalized spacial score (nSPS) is 11.3. The lowest BCUT2D eigenvalue weighted by Gasteiger charge is -2.18. The highest BCUT2D eigenvalue weighted by atomic mass is 35.5. The molecule has 0 nitrogen and oxygen atoms in total. The molecule has 0 unspecified atom stereocenters. The van der Waals surface area contributed by atoms with E-state index >= 15 is 0 Å². The van der Waals surface area contributed by atoms with Gasteiger partial charge in [0.25, 0.3) is 0 Å². The average Bonchev–Trinajstić information content (AvgIpc) is 3.12. The summed E-state index contributed by atoms with van der Waals surface area (Å²) in [7, 11) is 0. The van der Waals surface area contributed by atoms with E-state index < -0.39 is 0 Å². The monoisotopic (exact) mass is 1100 g/mol. The lowest BCUT2D eigenvalue weighted by Crippen LogP contribution is -2.14. The SMILES string of the molecule is Clc1cc(Cl)c(C(c2c(Cl)cc(Cl)cc2Cl)=c2c(Cl)cc(=c3ccc(=c4cc(Cl)c(=C(c5c(Cl)cc(Cl)cc5Cl)c5c(Cl)cc(Cl)cc5Cl)c(Cl)c4)cc3)cc2Cl)c(Cl)c1. The molecule has 0 aliphatic heterocycles. The Hall–Kier alpha value is -1.08. The zero-order valence-electron chi connectivity index (χ0n) is 29.3. The molecule has 16 heteroatoms. The molecule has 304 valence electrons. The fourth-order valence-electron chi connectivity index (χ4n) is 6.69. The first kappa shape index (κ1) is 46.9. The second kappa shape index (κ2) is 19.2. The predicted molar refractivity (Wildman–Crippen MR) is 263 cm³/mol. The third-order valence-electron chi connectivity index (χ3n) is 9.16. The lowest BCUT2D eigenvalue weighted by molar-refractivity contribution is 1.40. The molecule has 7 aromatic rings. The molecule has 0 N–H and O–H groups in total. The van der Waals surface area contributed by atoms with E-state index in [0.717, 1.165) is 10.4 Å². The molecule has 0 atom stereocenters. The van der Waals surface area contributed by atoms with Crippen LogP contribution < -0.4 is 10.4 Å². The van der Waals surface area contributed by atoms with Gasteiger partial charge in [-0.25, -0.2) is 0 Å². The van der Waals surface area contributed by atoms with Gasteiger partial charge in [0, 0.05) is 63.9 Å². The van der Waals surface area contributed by atoms with Crippen LogP contribution in [0, 0.1) is 20.9 Å². The third kappa shape index (κ3) is 9.49. The molecular formula is C44H16Cl16. The Morgan fingerprint density at radius 3 is 0.583 bits per heavy atom. The minimum atomic E-state index is 0.217. The van der Waals surface area contributed by atoms with Crippen LogP contribution in [-0.2, 0) is 0 Å². The van der Waals surface area contributed by atoms with Crippen molar-refractivity contribution in [3.63, 3.8) is 0 Å². The van der Waals surface area contributed by atoms with E-state index in [1.54, 1.807) is 72.8 Å². The van der Waals surface area contributed by atoms with E-state index in [9.17, 15) is 0 Å². The summed E-state index contributed by atoms with van der Waals surface area (Å²) >= 11 is 108. The highest BCUT2D eigenvalue weighted by Gasteiger charge is 2.25. The summed E-state index contributed by atoms with van der Waals surface area (Å²) in [5, 5.41) is 7.73. The highest BCUT2D eigenvalue weighted by molar-refractivity contribution is 6.46. The number of halogens is 16. The molecule has 0 saturated carbocycles. The number of benzene rings is 7. The molecule has 0 fully saturated rings. The largest absolute Gasteiger partial charge is 0.0842 e. The van der Waals surface area contributed by atoms with Gasteiger partial charge < -0.3 is 0 Å². The molecular weight excluding hydrogens is 1100 g/mol. The first-order chi connectivity index (χ1) is 28.3. The average molecular weight is 1110 g/mol. The smallest absolute Gasteiger partial charge is 0.0514 e. The number of rotatable bonds is 4. The second-order valence-electron chi connectivity index (χ2n) is 12.9. The first-order valence-corrected chi connectivity index (χ1v) is 22.8. The van der Waals surface area contributed by atoms with E-state index in [1.807, 2.05) is 24.3 Å². The topological polar surface area (TPSA) is 0 Å². The minimum absolute atomic E-state index is 0.217. The van der Waals surface area contributed by atoms with E-state index in [4.69, 9.17) is 186 Å². The van der Waals surface area contributed by atoms with Gasteiger partial charge >= 0.3 is 0 Å².